The van der Waals surface area contributed by atoms with Crippen molar-refractivity contribution in [2.45, 2.75) is 78.2 Å². The average Bonchev–Trinajstić information content (AvgIpc) is 3.11. The van der Waals surface area contributed by atoms with Crippen LogP contribution in [0.15, 0.2) is 36.7 Å². The van der Waals surface area contributed by atoms with E-state index in [-0.39, 0.29) is 24.1 Å². The Bertz CT molecular complexity index is 1170. The first-order valence-corrected chi connectivity index (χ1v) is 13.1. The van der Waals surface area contributed by atoms with Crippen molar-refractivity contribution in [2.24, 2.45) is 11.8 Å². The fourth-order valence-electron chi connectivity index (χ4n) is 5.28. The first kappa shape index (κ1) is 26.0. The summed E-state index contributed by atoms with van der Waals surface area (Å²) < 4.78 is 20.8. The fourth-order valence-corrected chi connectivity index (χ4v) is 5.28. The lowest BCUT2D eigenvalue weighted by Gasteiger charge is -2.22. The normalized spacial score (nSPS) is 19.0. The number of rotatable bonds is 9. The molecule has 1 saturated carbocycles. The predicted octanol–water partition coefficient (Wildman–Crippen LogP) is 6.32. The third kappa shape index (κ3) is 6.00. The Labute approximate surface area is 213 Å². The Morgan fingerprint density at radius 3 is 2.64 bits per heavy atom. The van der Waals surface area contributed by atoms with E-state index >= 15 is 0 Å². The summed E-state index contributed by atoms with van der Waals surface area (Å²) in [5.74, 6) is 2.19. The summed E-state index contributed by atoms with van der Waals surface area (Å²) in [5, 5.41) is 4.77. The zero-order valence-corrected chi connectivity index (χ0v) is 21.8. The number of halogens is 1. The number of Topliss-reactive ketones (excluding diaryl/α,β-unsaturated/α-hetero) is 1. The van der Waals surface area contributed by atoms with Gasteiger partial charge in [0.25, 0.3) is 0 Å². The SMILES string of the molecule is CCCc1cc(-c2ccc(F)c(C)c2)nn1CC(=O)C(C)C1CCCC(c2ncc(OC)cn2)CC1. The number of carbonyl (C=O) groups is 1. The van der Waals surface area contributed by atoms with Gasteiger partial charge < -0.3 is 4.74 Å². The third-order valence-corrected chi connectivity index (χ3v) is 7.61. The Balaban J connectivity index is 1.43. The lowest BCUT2D eigenvalue weighted by atomic mass is 9.84. The molecule has 4 rings (SSSR count). The molecule has 3 atom stereocenters. The van der Waals surface area contributed by atoms with Gasteiger partial charge in [0.2, 0.25) is 0 Å². The quantitative estimate of drug-likeness (QED) is 0.327. The van der Waals surface area contributed by atoms with Crippen molar-refractivity contribution in [1.82, 2.24) is 19.7 Å². The maximum Gasteiger partial charge on any atom is 0.157 e. The molecule has 1 fully saturated rings. The Morgan fingerprint density at radius 2 is 1.94 bits per heavy atom. The molecule has 3 unspecified atom stereocenters. The van der Waals surface area contributed by atoms with Crippen molar-refractivity contribution in [1.29, 1.82) is 0 Å². The van der Waals surface area contributed by atoms with E-state index < -0.39 is 0 Å². The van der Waals surface area contributed by atoms with E-state index in [4.69, 9.17) is 9.84 Å². The molecule has 0 aliphatic heterocycles. The Morgan fingerprint density at radius 1 is 1.17 bits per heavy atom. The number of nitrogens with zero attached hydrogens (tertiary/aromatic N) is 4. The van der Waals surface area contributed by atoms with Gasteiger partial charge in [0.15, 0.2) is 11.5 Å². The van der Waals surface area contributed by atoms with Gasteiger partial charge in [-0.25, -0.2) is 14.4 Å². The summed E-state index contributed by atoms with van der Waals surface area (Å²) in [6, 6.07) is 7.09. The molecule has 1 aliphatic carbocycles. The first-order chi connectivity index (χ1) is 17.4. The van der Waals surface area contributed by atoms with Crippen LogP contribution in [0.1, 0.15) is 75.4 Å². The molecule has 1 aromatic carbocycles. The summed E-state index contributed by atoms with van der Waals surface area (Å²) >= 11 is 0. The van der Waals surface area contributed by atoms with Gasteiger partial charge in [-0.3, -0.25) is 9.48 Å². The number of carbonyl (C=O) groups excluding carboxylic acids is 1. The van der Waals surface area contributed by atoms with Crippen LogP contribution in [0.2, 0.25) is 0 Å². The van der Waals surface area contributed by atoms with Crippen LogP contribution in [0.3, 0.4) is 0 Å². The second-order valence-corrected chi connectivity index (χ2v) is 10.1. The lowest BCUT2D eigenvalue weighted by molar-refractivity contribution is -0.124. The lowest BCUT2D eigenvalue weighted by Crippen LogP contribution is -2.26. The van der Waals surface area contributed by atoms with Crippen LogP contribution < -0.4 is 4.74 Å². The van der Waals surface area contributed by atoms with E-state index in [0.717, 1.165) is 67.7 Å². The second kappa shape index (κ2) is 11.8. The molecule has 0 bridgehead atoms. The highest BCUT2D eigenvalue weighted by atomic mass is 19.1. The average molecular weight is 493 g/mol. The predicted molar refractivity (Wildman–Crippen MR) is 138 cm³/mol. The topological polar surface area (TPSA) is 69.9 Å². The van der Waals surface area contributed by atoms with Crippen LogP contribution in [0.4, 0.5) is 4.39 Å². The molecule has 2 aromatic heterocycles. The number of aromatic nitrogens is 4. The van der Waals surface area contributed by atoms with Crippen LogP contribution in [0.5, 0.6) is 5.75 Å². The van der Waals surface area contributed by atoms with Crippen molar-refractivity contribution in [3.8, 4) is 17.0 Å². The molecule has 0 radical (unpaired) electrons. The highest BCUT2D eigenvalue weighted by molar-refractivity contribution is 5.81. The van der Waals surface area contributed by atoms with E-state index in [1.54, 1.807) is 32.5 Å². The van der Waals surface area contributed by atoms with Crippen molar-refractivity contribution in [2.75, 3.05) is 7.11 Å². The van der Waals surface area contributed by atoms with Crippen LogP contribution in [-0.4, -0.2) is 32.6 Å². The van der Waals surface area contributed by atoms with E-state index in [1.807, 2.05) is 16.8 Å². The van der Waals surface area contributed by atoms with Crippen molar-refractivity contribution < 1.29 is 13.9 Å². The number of methoxy groups -OCH3 is 1. The molecule has 0 amide bonds. The van der Waals surface area contributed by atoms with Crippen LogP contribution in [-0.2, 0) is 17.8 Å². The number of hydrogen-bond donors (Lipinski definition) is 0. The van der Waals surface area contributed by atoms with Crippen molar-refractivity contribution in [3.63, 3.8) is 0 Å². The Kier molecular flexibility index (Phi) is 8.49. The molecule has 0 saturated heterocycles. The summed E-state index contributed by atoms with van der Waals surface area (Å²) in [5.41, 5.74) is 3.31. The van der Waals surface area contributed by atoms with Gasteiger partial charge in [-0.2, -0.15) is 5.10 Å². The maximum atomic E-state index is 13.8. The Hall–Kier alpha value is -3.09. The van der Waals surface area contributed by atoms with E-state index in [2.05, 4.69) is 23.8 Å². The zero-order valence-electron chi connectivity index (χ0n) is 21.8. The molecule has 0 N–H and O–H groups in total. The minimum atomic E-state index is -0.222. The number of aryl methyl sites for hydroxylation is 2. The molecule has 36 heavy (non-hydrogen) atoms. The van der Waals surface area contributed by atoms with Crippen molar-refractivity contribution >= 4 is 5.78 Å². The molecular weight excluding hydrogens is 455 g/mol. The summed E-state index contributed by atoms with van der Waals surface area (Å²) in [7, 11) is 1.62. The van der Waals surface area contributed by atoms with Crippen molar-refractivity contribution in [3.05, 3.63) is 59.6 Å². The molecule has 2 heterocycles. The van der Waals surface area contributed by atoms with Crippen LogP contribution in [0, 0.1) is 24.6 Å². The number of ketones is 1. The minimum absolute atomic E-state index is 0.0317. The summed E-state index contributed by atoms with van der Waals surface area (Å²) in [4.78, 5) is 22.4. The standard InChI is InChI=1S/C29H37FN4O2/c1-5-7-24-15-27(23-12-13-26(30)19(2)14-23)33-34(24)18-28(35)20(3)21-8-6-9-22(11-10-21)29-31-16-25(36-4)17-32-29/h12-17,20-22H,5-11,18H2,1-4H3. The van der Waals surface area contributed by atoms with E-state index in [9.17, 15) is 9.18 Å². The number of hydrogen-bond acceptors (Lipinski definition) is 5. The van der Waals surface area contributed by atoms with Gasteiger partial charge in [-0.1, -0.05) is 26.7 Å². The summed E-state index contributed by atoms with van der Waals surface area (Å²) in [6.45, 7) is 6.23. The number of benzene rings is 1. The molecule has 192 valence electrons. The second-order valence-electron chi connectivity index (χ2n) is 10.1. The molecular formula is C29H37FN4O2. The zero-order chi connectivity index (χ0) is 25.7. The molecule has 1 aliphatic rings. The molecule has 0 spiro atoms. The van der Waals surface area contributed by atoms with Gasteiger partial charge >= 0.3 is 0 Å². The fraction of sp³-hybridized carbons (Fsp3) is 0.517. The number of ether oxygens (including phenoxy) is 1. The maximum absolute atomic E-state index is 13.8. The van der Waals surface area contributed by atoms with Gasteiger partial charge in [-0.05, 0) is 74.8 Å². The molecule has 6 nitrogen and oxygen atoms in total. The van der Waals surface area contributed by atoms with Crippen LogP contribution >= 0.6 is 0 Å². The largest absolute Gasteiger partial charge is 0.494 e. The molecule has 7 heteroatoms. The van der Waals surface area contributed by atoms with Crippen LogP contribution in [0.25, 0.3) is 11.3 Å². The highest BCUT2D eigenvalue weighted by Gasteiger charge is 2.29. The highest BCUT2D eigenvalue weighted by Crippen LogP contribution is 2.36. The first-order valence-electron chi connectivity index (χ1n) is 13.1. The van der Waals surface area contributed by atoms with Gasteiger partial charge in [0.1, 0.15) is 18.2 Å². The van der Waals surface area contributed by atoms with Gasteiger partial charge in [-0.15, -0.1) is 0 Å². The third-order valence-electron chi connectivity index (χ3n) is 7.61. The van der Waals surface area contributed by atoms with Gasteiger partial charge in [0, 0.05) is 23.1 Å². The minimum Gasteiger partial charge on any atom is -0.494 e. The van der Waals surface area contributed by atoms with Gasteiger partial charge in [0.05, 0.1) is 25.2 Å². The molecule has 3 aromatic rings. The monoisotopic (exact) mass is 492 g/mol. The van der Waals surface area contributed by atoms with E-state index in [1.165, 1.54) is 6.07 Å². The van der Waals surface area contributed by atoms with E-state index in [0.29, 0.717) is 23.1 Å². The summed E-state index contributed by atoms with van der Waals surface area (Å²) in [6.07, 6.45) is 10.4. The smallest absolute Gasteiger partial charge is 0.157 e.